The third-order valence-electron chi connectivity index (χ3n) is 0.816. The van der Waals surface area contributed by atoms with Crippen molar-refractivity contribution in [3.63, 3.8) is 0 Å². The van der Waals surface area contributed by atoms with Gasteiger partial charge in [-0.05, 0) is 0 Å². The van der Waals surface area contributed by atoms with Crippen molar-refractivity contribution >= 4 is 0 Å². The van der Waals surface area contributed by atoms with Crippen LogP contribution in [0.25, 0.3) is 0 Å². The number of hydrogen-bond acceptors (Lipinski definition) is 4. The van der Waals surface area contributed by atoms with Crippen molar-refractivity contribution in [2.75, 3.05) is 26.6 Å². The van der Waals surface area contributed by atoms with Crippen LogP contribution in [0.2, 0.25) is 0 Å². The topological polar surface area (TPSA) is 95.4 Å². The van der Waals surface area contributed by atoms with Gasteiger partial charge in [-0.15, -0.1) is 0 Å². The number of aliphatic hydroxyl groups excluding tert-OH is 3. The van der Waals surface area contributed by atoms with E-state index in [0.29, 0.717) is 6.54 Å². The fourth-order valence-electron chi connectivity index (χ4n) is 0.328. The molecule has 0 aromatic carbocycles. The predicted octanol–water partition coefficient (Wildman–Crippen LogP) is -2.64. The minimum Gasteiger partial charge on any atom is -0.412 e. The summed E-state index contributed by atoms with van der Waals surface area (Å²) in [4.78, 5) is 1.29. The van der Waals surface area contributed by atoms with Gasteiger partial charge >= 0.3 is 0 Å². The van der Waals surface area contributed by atoms with E-state index >= 15 is 0 Å². The molecule has 0 rings (SSSR count). The first-order chi connectivity index (χ1) is 3.85. The highest BCUT2D eigenvalue weighted by atomic mass is 16.3. The molecule has 58 valence electrons. The first kappa shape index (κ1) is 11.6. The van der Waals surface area contributed by atoms with Gasteiger partial charge in [0.1, 0.15) is 0 Å². The van der Waals surface area contributed by atoms with Crippen LogP contribution in [-0.2, 0) is 0 Å². The Hall–Kier alpha value is -0.200. The summed E-state index contributed by atoms with van der Waals surface area (Å²) >= 11 is 0. The fourth-order valence-corrected chi connectivity index (χ4v) is 0.328. The van der Waals surface area contributed by atoms with Crippen LogP contribution >= 0.6 is 0 Å². The number of rotatable bonds is 4. The average molecular weight is 139 g/mol. The standard InChI is InChI=1S/C4H11NO3.H2O/c6-2-1-5(3-7)4-8;/h6-8H,1-4H2;1H2. The van der Waals surface area contributed by atoms with Gasteiger partial charge in [-0.3, -0.25) is 4.90 Å². The average Bonchev–Trinajstić information content (AvgIpc) is 1.83. The molecule has 0 saturated carbocycles. The van der Waals surface area contributed by atoms with Crippen LogP contribution in [0, 0.1) is 0 Å². The fraction of sp³-hybridized carbons (Fsp3) is 1.00. The minimum absolute atomic E-state index is 0. The summed E-state index contributed by atoms with van der Waals surface area (Å²) in [5.74, 6) is 0. The SMILES string of the molecule is O.OCCN(CO)CO. The molecule has 0 bridgehead atoms. The van der Waals surface area contributed by atoms with Gasteiger partial charge in [0.25, 0.3) is 0 Å². The summed E-state index contributed by atoms with van der Waals surface area (Å²) in [7, 11) is 0. The van der Waals surface area contributed by atoms with Gasteiger partial charge in [-0.25, -0.2) is 0 Å². The van der Waals surface area contributed by atoms with Crippen molar-refractivity contribution in [1.82, 2.24) is 4.90 Å². The Morgan fingerprint density at radius 3 is 1.56 bits per heavy atom. The quantitative estimate of drug-likeness (QED) is 0.371. The van der Waals surface area contributed by atoms with E-state index in [1.54, 1.807) is 0 Å². The van der Waals surface area contributed by atoms with E-state index in [0.717, 1.165) is 0 Å². The third-order valence-corrected chi connectivity index (χ3v) is 0.816. The molecule has 0 fully saturated rings. The Bertz CT molecular complexity index is 47.8. The molecule has 0 aromatic heterocycles. The monoisotopic (exact) mass is 139 g/mol. The molecule has 0 heterocycles. The molecule has 0 aliphatic heterocycles. The van der Waals surface area contributed by atoms with Crippen LogP contribution in [0.1, 0.15) is 0 Å². The Labute approximate surface area is 53.5 Å². The lowest BCUT2D eigenvalue weighted by Crippen LogP contribution is -2.28. The maximum Gasteiger partial charge on any atom is 0.0975 e. The van der Waals surface area contributed by atoms with Crippen LogP contribution in [-0.4, -0.2) is 52.3 Å². The highest BCUT2D eigenvalue weighted by Crippen LogP contribution is 1.78. The molecule has 9 heavy (non-hydrogen) atoms. The zero-order valence-electron chi connectivity index (χ0n) is 5.12. The predicted molar refractivity (Wildman–Crippen MR) is 31.6 cm³/mol. The molecule has 0 aliphatic rings. The summed E-state index contributed by atoms with van der Waals surface area (Å²) < 4.78 is 0. The lowest BCUT2D eigenvalue weighted by Gasteiger charge is -2.12. The summed E-state index contributed by atoms with van der Waals surface area (Å²) in [6.45, 7) is -0.151. The molecule has 0 aromatic rings. The second kappa shape index (κ2) is 7.80. The van der Waals surface area contributed by atoms with Crippen LogP contribution in [0.15, 0.2) is 0 Å². The molecule has 0 spiro atoms. The van der Waals surface area contributed by atoms with Crippen molar-refractivity contribution in [2.24, 2.45) is 0 Å². The van der Waals surface area contributed by atoms with Gasteiger partial charge in [0, 0.05) is 6.54 Å². The second-order valence-electron chi connectivity index (χ2n) is 1.40. The summed E-state index contributed by atoms with van der Waals surface area (Å²) in [6.07, 6.45) is 0. The Kier molecular flexibility index (Phi) is 10.0. The van der Waals surface area contributed by atoms with Crippen molar-refractivity contribution in [3.8, 4) is 0 Å². The lowest BCUT2D eigenvalue weighted by molar-refractivity contribution is 0.0184. The lowest BCUT2D eigenvalue weighted by atomic mass is 10.6. The normalized spacial score (nSPS) is 9.33. The Balaban J connectivity index is 0. The van der Waals surface area contributed by atoms with Crippen LogP contribution in [0.5, 0.6) is 0 Å². The van der Waals surface area contributed by atoms with Crippen molar-refractivity contribution in [2.45, 2.75) is 0 Å². The minimum atomic E-state index is -0.211. The zero-order chi connectivity index (χ0) is 6.41. The van der Waals surface area contributed by atoms with Crippen molar-refractivity contribution in [3.05, 3.63) is 0 Å². The van der Waals surface area contributed by atoms with Crippen LogP contribution in [0.4, 0.5) is 0 Å². The second-order valence-corrected chi connectivity index (χ2v) is 1.40. The van der Waals surface area contributed by atoms with Gasteiger partial charge in [0.05, 0.1) is 20.1 Å². The molecule has 0 atom stereocenters. The van der Waals surface area contributed by atoms with Crippen LogP contribution in [0.3, 0.4) is 0 Å². The summed E-state index contributed by atoms with van der Waals surface area (Å²) in [5, 5.41) is 24.9. The molecule has 5 heteroatoms. The number of aliphatic hydroxyl groups is 3. The number of hydrogen-bond donors (Lipinski definition) is 3. The number of nitrogens with zero attached hydrogens (tertiary/aromatic N) is 1. The van der Waals surface area contributed by atoms with E-state index in [9.17, 15) is 0 Å². The van der Waals surface area contributed by atoms with Gasteiger partial charge in [-0.1, -0.05) is 0 Å². The molecular weight excluding hydrogens is 126 g/mol. The van der Waals surface area contributed by atoms with Gasteiger partial charge in [0.15, 0.2) is 0 Å². The van der Waals surface area contributed by atoms with E-state index in [1.807, 2.05) is 0 Å². The molecule has 0 radical (unpaired) electrons. The summed E-state index contributed by atoms with van der Waals surface area (Å²) in [5.41, 5.74) is 0. The first-order valence-electron chi connectivity index (χ1n) is 2.40. The zero-order valence-corrected chi connectivity index (χ0v) is 5.12. The van der Waals surface area contributed by atoms with E-state index in [4.69, 9.17) is 15.3 Å². The molecule has 0 aliphatic carbocycles. The highest BCUT2D eigenvalue weighted by molar-refractivity contribution is 4.40. The molecule has 0 saturated heterocycles. The molecule has 5 N–H and O–H groups in total. The maximum absolute atomic E-state index is 8.31. The Morgan fingerprint density at radius 2 is 1.44 bits per heavy atom. The first-order valence-corrected chi connectivity index (χ1v) is 2.40. The molecule has 5 nitrogen and oxygen atoms in total. The van der Waals surface area contributed by atoms with E-state index in [1.165, 1.54) is 4.90 Å². The van der Waals surface area contributed by atoms with E-state index < -0.39 is 0 Å². The highest BCUT2D eigenvalue weighted by Gasteiger charge is 1.95. The van der Waals surface area contributed by atoms with Crippen molar-refractivity contribution in [1.29, 1.82) is 0 Å². The summed E-state index contributed by atoms with van der Waals surface area (Å²) in [6, 6.07) is 0. The van der Waals surface area contributed by atoms with Crippen LogP contribution < -0.4 is 0 Å². The molecule has 0 unspecified atom stereocenters. The van der Waals surface area contributed by atoms with Gasteiger partial charge < -0.3 is 20.8 Å². The molecular formula is C4H13NO4. The van der Waals surface area contributed by atoms with Gasteiger partial charge in [0.2, 0.25) is 0 Å². The smallest absolute Gasteiger partial charge is 0.0975 e. The van der Waals surface area contributed by atoms with E-state index in [-0.39, 0.29) is 25.5 Å². The largest absolute Gasteiger partial charge is 0.412 e. The molecule has 0 amide bonds. The maximum atomic E-state index is 8.31. The Morgan fingerprint density at radius 1 is 1.00 bits per heavy atom. The van der Waals surface area contributed by atoms with E-state index in [2.05, 4.69) is 0 Å². The third kappa shape index (κ3) is 5.67. The van der Waals surface area contributed by atoms with Crippen molar-refractivity contribution < 1.29 is 20.8 Å². The van der Waals surface area contributed by atoms with Gasteiger partial charge in [-0.2, -0.15) is 0 Å².